The zero-order valence-corrected chi connectivity index (χ0v) is 32.9. The predicted octanol–water partition coefficient (Wildman–Crippen LogP) is 4.41. The normalized spacial score (nSPS) is 20.8. The molecular weight excluding hydrogens is 711 g/mol. The molecule has 4 aliphatic carbocycles. The molecule has 0 N–H and O–H groups in total. The van der Waals surface area contributed by atoms with E-state index in [0.717, 1.165) is 35.4 Å². The van der Waals surface area contributed by atoms with Crippen molar-refractivity contribution in [3.05, 3.63) is 128 Å². The van der Waals surface area contributed by atoms with Crippen molar-refractivity contribution in [2.45, 2.75) is 66.5 Å². The first kappa shape index (κ1) is 37.2. The van der Waals surface area contributed by atoms with Crippen molar-refractivity contribution < 1.29 is 51.0 Å². The Morgan fingerprint density at radius 3 is 1.20 bits per heavy atom. The van der Waals surface area contributed by atoms with Crippen LogP contribution in [-0.4, -0.2) is 17.8 Å². The SMILES string of the molecule is CCC1=[C-]C2C(=C(CC)C([Si](C)(C)C3=C(c4ccccc4)C4[C-]=C(CC)C(=S)C4=C3CC)=C2c2ccccc2)C1=S.[Cl-].[Cl-].[Zr+4]. The topological polar surface area (TPSA) is 0 Å². The fourth-order valence-electron chi connectivity index (χ4n) is 7.82. The Hall–Kier alpha value is -1.26. The molecule has 6 rings (SSSR count). The summed E-state index contributed by atoms with van der Waals surface area (Å²) in [5.41, 5.74) is 13.6. The number of hydrogen-bond donors (Lipinski definition) is 0. The molecule has 0 fully saturated rings. The summed E-state index contributed by atoms with van der Waals surface area (Å²) in [6, 6.07) is 22.1. The van der Waals surface area contributed by atoms with Gasteiger partial charge in [0.1, 0.15) is 8.07 Å². The van der Waals surface area contributed by atoms with Gasteiger partial charge in [0.2, 0.25) is 0 Å². The minimum Gasteiger partial charge on any atom is -1.00 e. The Balaban J connectivity index is 0.00000176. The van der Waals surface area contributed by atoms with Gasteiger partial charge in [-0.3, -0.25) is 12.2 Å². The van der Waals surface area contributed by atoms with E-state index < -0.39 is 8.07 Å². The second-order valence-corrected chi connectivity index (χ2v) is 17.0. The molecule has 44 heavy (non-hydrogen) atoms. The Labute approximate surface area is 307 Å². The summed E-state index contributed by atoms with van der Waals surface area (Å²) in [5, 5.41) is 3.13. The van der Waals surface area contributed by atoms with Crippen molar-refractivity contribution in [3.63, 3.8) is 0 Å². The van der Waals surface area contributed by atoms with Crippen LogP contribution in [0.1, 0.15) is 64.5 Å². The molecule has 2 aromatic rings. The number of fused-ring (bicyclic) bond motifs is 2. The summed E-state index contributed by atoms with van der Waals surface area (Å²) in [6.45, 7) is 14.2. The average molecular weight is 749 g/mol. The van der Waals surface area contributed by atoms with Crippen LogP contribution in [0.3, 0.4) is 0 Å². The van der Waals surface area contributed by atoms with Gasteiger partial charge in [-0.1, -0.05) is 137 Å². The van der Waals surface area contributed by atoms with E-state index in [0.29, 0.717) is 0 Å². The minimum absolute atomic E-state index is 0. The van der Waals surface area contributed by atoms with Gasteiger partial charge in [-0.25, -0.2) is 35.6 Å². The van der Waals surface area contributed by atoms with Crippen molar-refractivity contribution in [2.24, 2.45) is 11.8 Å². The second kappa shape index (κ2) is 14.7. The molecule has 0 radical (unpaired) electrons. The van der Waals surface area contributed by atoms with Crippen LogP contribution in [0.4, 0.5) is 0 Å². The molecular formula is C38H38Cl2S2SiZr. The van der Waals surface area contributed by atoms with Crippen LogP contribution in [0.25, 0.3) is 11.1 Å². The molecule has 0 aliphatic heterocycles. The third-order valence-corrected chi connectivity index (χ3v) is 14.0. The van der Waals surface area contributed by atoms with Gasteiger partial charge < -0.3 is 24.8 Å². The molecule has 2 aromatic carbocycles. The van der Waals surface area contributed by atoms with Crippen molar-refractivity contribution in [3.8, 4) is 0 Å². The molecule has 4 aliphatic rings. The van der Waals surface area contributed by atoms with Crippen molar-refractivity contribution in [2.75, 3.05) is 0 Å². The van der Waals surface area contributed by atoms with E-state index in [1.165, 1.54) is 55.7 Å². The molecule has 2 atom stereocenters. The van der Waals surface area contributed by atoms with E-state index in [9.17, 15) is 0 Å². The maximum absolute atomic E-state index is 6.17. The molecule has 0 spiro atoms. The second-order valence-electron chi connectivity index (χ2n) is 11.9. The molecule has 0 nitrogen and oxygen atoms in total. The summed E-state index contributed by atoms with van der Waals surface area (Å²) in [6.07, 6.45) is 11.6. The third kappa shape index (κ3) is 5.65. The molecule has 6 heteroatoms. The monoisotopic (exact) mass is 746 g/mol. The zero-order chi connectivity index (χ0) is 29.1. The third-order valence-electron chi connectivity index (χ3n) is 9.46. The first-order chi connectivity index (χ1) is 19.8. The van der Waals surface area contributed by atoms with E-state index in [1.54, 1.807) is 10.4 Å². The Kier molecular flexibility index (Phi) is 12.4. The molecule has 0 aromatic heterocycles. The smallest absolute Gasteiger partial charge is 1.00 e. The van der Waals surface area contributed by atoms with Crippen LogP contribution in [0, 0.1) is 24.0 Å². The fourth-order valence-corrected chi connectivity index (χ4v) is 13.0. The van der Waals surface area contributed by atoms with Crippen LogP contribution in [0.15, 0.2) is 104 Å². The van der Waals surface area contributed by atoms with Crippen molar-refractivity contribution in [1.29, 1.82) is 0 Å². The largest absolute Gasteiger partial charge is 4.00 e. The summed E-state index contributed by atoms with van der Waals surface area (Å²) < 4.78 is 0. The van der Waals surface area contributed by atoms with E-state index in [2.05, 4.69) is 114 Å². The molecule has 0 bridgehead atoms. The van der Waals surface area contributed by atoms with Crippen LogP contribution in [-0.2, 0) is 26.2 Å². The maximum atomic E-state index is 6.17. The quantitative estimate of drug-likeness (QED) is 0.223. The number of benzene rings is 2. The minimum atomic E-state index is -2.33. The molecule has 0 saturated heterocycles. The van der Waals surface area contributed by atoms with Gasteiger partial charge in [-0.2, -0.15) is 0 Å². The van der Waals surface area contributed by atoms with Gasteiger partial charge >= 0.3 is 26.2 Å². The maximum Gasteiger partial charge on any atom is 4.00 e. The van der Waals surface area contributed by atoms with Gasteiger partial charge in [-0.15, -0.1) is 20.9 Å². The van der Waals surface area contributed by atoms with Crippen LogP contribution < -0.4 is 24.8 Å². The number of halogens is 2. The summed E-state index contributed by atoms with van der Waals surface area (Å²) in [7, 11) is -2.33. The summed E-state index contributed by atoms with van der Waals surface area (Å²) >= 11 is 12.3. The van der Waals surface area contributed by atoms with Gasteiger partial charge in [-0.05, 0) is 45.5 Å². The standard InChI is InChI=1S/C38H38S2Si.2ClH.Zr/c1-7-23-21-29-31(25-17-13-11-14-18-25)37(27(9-3)33(29)35(23)39)41(5,6)38-28(10-4)34-30(22-24(8-2)36(34)40)32(38)26-19-15-12-16-20-26;;;/h11-20,29-30H,7-10H2,1-6H3;2*1H;/q-2;;;+4/p-2. The Bertz CT molecular complexity index is 1550. The molecule has 224 valence electrons. The van der Waals surface area contributed by atoms with Gasteiger partial charge in [0.15, 0.2) is 0 Å². The van der Waals surface area contributed by atoms with Crippen LogP contribution in [0.5, 0.6) is 0 Å². The van der Waals surface area contributed by atoms with E-state index in [-0.39, 0.29) is 62.9 Å². The Morgan fingerprint density at radius 2 is 0.909 bits per heavy atom. The van der Waals surface area contributed by atoms with Crippen molar-refractivity contribution >= 4 is 53.4 Å². The number of hydrogen-bond acceptors (Lipinski definition) is 2. The summed E-state index contributed by atoms with van der Waals surface area (Å²) in [4.78, 5) is 2.09. The van der Waals surface area contributed by atoms with Gasteiger partial charge in [0.05, 0.1) is 0 Å². The fraction of sp³-hybridized carbons (Fsp3) is 0.316. The van der Waals surface area contributed by atoms with E-state index in [1.807, 2.05) is 0 Å². The van der Waals surface area contributed by atoms with Crippen LogP contribution >= 0.6 is 24.4 Å². The predicted molar refractivity (Wildman–Crippen MR) is 185 cm³/mol. The van der Waals surface area contributed by atoms with Crippen LogP contribution in [0.2, 0.25) is 13.1 Å². The zero-order valence-electron chi connectivity index (χ0n) is 26.3. The van der Waals surface area contributed by atoms with E-state index in [4.69, 9.17) is 24.4 Å². The number of rotatable bonds is 8. The first-order valence-corrected chi connectivity index (χ1v) is 19.0. The van der Waals surface area contributed by atoms with Gasteiger partial charge in [0, 0.05) is 0 Å². The van der Waals surface area contributed by atoms with Crippen molar-refractivity contribution in [1.82, 2.24) is 0 Å². The van der Waals surface area contributed by atoms with Gasteiger partial charge in [0.25, 0.3) is 0 Å². The number of allylic oxidation sites excluding steroid dienone is 12. The molecule has 2 unspecified atom stereocenters. The van der Waals surface area contributed by atoms with E-state index >= 15 is 0 Å². The Morgan fingerprint density at radius 1 is 0.568 bits per heavy atom. The molecule has 0 saturated carbocycles. The first-order valence-electron chi connectivity index (χ1n) is 15.2. The number of thiocarbonyl (C=S) groups is 2. The molecule has 0 heterocycles. The molecule has 0 amide bonds. The summed E-state index contributed by atoms with van der Waals surface area (Å²) in [5.74, 6) is 0.269. The average Bonchev–Trinajstić information content (AvgIpc) is 3.70.